The first kappa shape index (κ1) is 22.3. The van der Waals surface area contributed by atoms with Gasteiger partial charge in [-0.2, -0.15) is 0 Å². The summed E-state index contributed by atoms with van der Waals surface area (Å²) in [6.07, 6.45) is 4.73. The summed E-state index contributed by atoms with van der Waals surface area (Å²) in [5, 5.41) is 2.65. The van der Waals surface area contributed by atoms with E-state index in [4.69, 9.17) is 0 Å². The number of fused-ring (bicyclic) bond motifs is 5. The second kappa shape index (κ2) is 8.60. The lowest BCUT2D eigenvalue weighted by Crippen LogP contribution is -2.10. The number of hydrogen-bond acceptors (Lipinski definition) is 0. The lowest BCUT2D eigenvalue weighted by Gasteiger charge is -2.24. The van der Waals surface area contributed by atoms with Crippen molar-refractivity contribution in [2.24, 2.45) is 5.92 Å². The Morgan fingerprint density at radius 1 is 0.730 bits per heavy atom. The van der Waals surface area contributed by atoms with Crippen molar-refractivity contribution in [3.05, 3.63) is 136 Å². The molecule has 0 saturated heterocycles. The summed E-state index contributed by atoms with van der Waals surface area (Å²) in [5.74, 6) is 0.836. The Hall–Kier alpha value is -3.90. The molecule has 0 aromatic heterocycles. The normalized spacial score (nSPS) is 16.3. The highest BCUT2D eigenvalue weighted by Crippen LogP contribution is 2.51. The fourth-order valence-corrected chi connectivity index (χ4v) is 6.84. The van der Waals surface area contributed by atoms with Gasteiger partial charge in [-0.15, -0.1) is 0 Å². The molecule has 0 heteroatoms. The molecule has 2 aliphatic carbocycles. The lowest BCUT2D eigenvalue weighted by atomic mass is 9.79. The minimum Gasteiger partial charge on any atom is -0.0648 e. The van der Waals surface area contributed by atoms with Crippen molar-refractivity contribution in [2.75, 3.05) is 0 Å². The third kappa shape index (κ3) is 3.36. The summed E-state index contributed by atoms with van der Waals surface area (Å²) in [6, 6.07) is 36.3. The Morgan fingerprint density at radius 2 is 1.46 bits per heavy atom. The zero-order valence-electron chi connectivity index (χ0n) is 21.9. The van der Waals surface area contributed by atoms with Crippen LogP contribution in [0.1, 0.15) is 59.6 Å². The van der Waals surface area contributed by atoms with Crippen molar-refractivity contribution in [2.45, 2.75) is 39.5 Å². The second-order valence-corrected chi connectivity index (χ2v) is 10.9. The highest BCUT2D eigenvalue weighted by molar-refractivity contribution is 6.01. The van der Waals surface area contributed by atoms with E-state index in [2.05, 4.69) is 124 Å². The molecule has 5 aromatic rings. The molecule has 0 bridgehead atoms. The molecule has 37 heavy (non-hydrogen) atoms. The topological polar surface area (TPSA) is 0 Å². The minimum absolute atomic E-state index is 0.310. The number of hydrogen-bond donors (Lipinski definition) is 0. The van der Waals surface area contributed by atoms with Crippen LogP contribution in [0.5, 0.6) is 0 Å². The molecule has 0 amide bonds. The standard InChI is InChI=1S/C37H32/c1-4-23(2)33-22-35-30(36-24(3)19-20-25-11-5-8-14-28(25)36)16-10-18-32(35)37(33)31-17-9-15-29-27-13-7-6-12-26(27)21-34(29)31/h5-20,22-23,37H,4,21H2,1-3H3. The quantitative estimate of drug-likeness (QED) is 0.237. The smallest absolute Gasteiger partial charge is 0.0314 e. The van der Waals surface area contributed by atoms with Gasteiger partial charge < -0.3 is 0 Å². The average molecular weight is 477 g/mol. The van der Waals surface area contributed by atoms with Crippen molar-refractivity contribution >= 4 is 16.8 Å². The van der Waals surface area contributed by atoms with Gasteiger partial charge in [0, 0.05) is 5.92 Å². The second-order valence-electron chi connectivity index (χ2n) is 10.9. The minimum atomic E-state index is 0.310. The molecule has 0 saturated carbocycles. The van der Waals surface area contributed by atoms with Crippen molar-refractivity contribution in [1.82, 2.24) is 0 Å². The van der Waals surface area contributed by atoms with Crippen LogP contribution in [0.3, 0.4) is 0 Å². The number of benzene rings is 5. The molecular weight excluding hydrogens is 444 g/mol. The van der Waals surface area contributed by atoms with E-state index in [1.54, 1.807) is 5.57 Å². The predicted molar refractivity (Wildman–Crippen MR) is 158 cm³/mol. The summed E-state index contributed by atoms with van der Waals surface area (Å²) >= 11 is 0. The van der Waals surface area contributed by atoms with Gasteiger partial charge in [0.15, 0.2) is 0 Å². The van der Waals surface area contributed by atoms with Gasteiger partial charge in [-0.1, -0.05) is 123 Å². The van der Waals surface area contributed by atoms with E-state index in [9.17, 15) is 0 Å². The molecule has 0 heterocycles. The van der Waals surface area contributed by atoms with Crippen molar-refractivity contribution in [3.8, 4) is 22.3 Å². The molecule has 5 aromatic carbocycles. The Morgan fingerprint density at radius 3 is 2.32 bits per heavy atom. The SMILES string of the molecule is CCC(C)C1=Cc2c(-c3c(C)ccc4ccccc34)cccc2C1c1cccc2c1Cc1ccccc1-2. The number of aryl methyl sites for hydroxylation is 1. The van der Waals surface area contributed by atoms with E-state index < -0.39 is 0 Å². The van der Waals surface area contributed by atoms with Gasteiger partial charge in [-0.05, 0) is 92.1 Å². The van der Waals surface area contributed by atoms with E-state index in [1.807, 2.05) is 0 Å². The van der Waals surface area contributed by atoms with Gasteiger partial charge in [-0.3, -0.25) is 0 Å². The first-order valence-electron chi connectivity index (χ1n) is 13.7. The van der Waals surface area contributed by atoms with Crippen molar-refractivity contribution in [3.63, 3.8) is 0 Å². The maximum Gasteiger partial charge on any atom is 0.0314 e. The molecule has 0 N–H and O–H groups in total. The van der Waals surface area contributed by atoms with E-state index in [1.165, 1.54) is 66.4 Å². The average Bonchev–Trinajstić information content (AvgIpc) is 3.51. The van der Waals surface area contributed by atoms with Crippen LogP contribution in [0.25, 0.3) is 39.1 Å². The van der Waals surface area contributed by atoms with Crippen LogP contribution in [-0.4, -0.2) is 0 Å². The first-order valence-corrected chi connectivity index (χ1v) is 13.7. The summed E-state index contributed by atoms with van der Waals surface area (Å²) < 4.78 is 0. The highest BCUT2D eigenvalue weighted by atomic mass is 14.4. The molecule has 2 unspecified atom stereocenters. The fourth-order valence-electron chi connectivity index (χ4n) is 6.84. The van der Waals surface area contributed by atoms with E-state index in [0.717, 1.165) is 12.8 Å². The van der Waals surface area contributed by atoms with Gasteiger partial charge in [0.2, 0.25) is 0 Å². The molecular formula is C37H32. The van der Waals surface area contributed by atoms with Gasteiger partial charge >= 0.3 is 0 Å². The third-order valence-corrected chi connectivity index (χ3v) is 8.88. The Labute approximate surface area is 220 Å². The summed E-state index contributed by atoms with van der Waals surface area (Å²) in [4.78, 5) is 0. The largest absolute Gasteiger partial charge is 0.0648 e. The number of rotatable bonds is 4. The molecule has 0 spiro atoms. The first-order chi connectivity index (χ1) is 18.2. The fraction of sp³-hybridized carbons (Fsp3) is 0.189. The van der Waals surface area contributed by atoms with Crippen LogP contribution < -0.4 is 0 Å². The molecule has 2 aliphatic rings. The van der Waals surface area contributed by atoms with Crippen LogP contribution in [0.15, 0.2) is 103 Å². The molecule has 180 valence electrons. The van der Waals surface area contributed by atoms with Crippen LogP contribution in [-0.2, 0) is 6.42 Å². The highest BCUT2D eigenvalue weighted by Gasteiger charge is 2.34. The maximum atomic E-state index is 2.55. The predicted octanol–water partition coefficient (Wildman–Crippen LogP) is 9.96. The van der Waals surface area contributed by atoms with Crippen LogP contribution in [0.2, 0.25) is 0 Å². The van der Waals surface area contributed by atoms with E-state index in [-0.39, 0.29) is 0 Å². The van der Waals surface area contributed by atoms with Gasteiger partial charge in [0.05, 0.1) is 0 Å². The lowest BCUT2D eigenvalue weighted by molar-refractivity contribution is 0.625. The maximum absolute atomic E-state index is 2.55. The van der Waals surface area contributed by atoms with Crippen LogP contribution >= 0.6 is 0 Å². The van der Waals surface area contributed by atoms with E-state index in [0.29, 0.717) is 11.8 Å². The Bertz CT molecular complexity index is 1710. The van der Waals surface area contributed by atoms with Gasteiger partial charge in [0.1, 0.15) is 0 Å². The third-order valence-electron chi connectivity index (χ3n) is 8.88. The summed E-state index contributed by atoms with van der Waals surface area (Å²) in [7, 11) is 0. The van der Waals surface area contributed by atoms with Crippen LogP contribution in [0.4, 0.5) is 0 Å². The number of allylic oxidation sites excluding steroid dienone is 1. The summed E-state index contributed by atoms with van der Waals surface area (Å²) in [6.45, 7) is 6.99. The zero-order chi connectivity index (χ0) is 25.1. The molecule has 2 atom stereocenters. The van der Waals surface area contributed by atoms with Crippen molar-refractivity contribution in [1.29, 1.82) is 0 Å². The molecule has 0 aliphatic heterocycles. The van der Waals surface area contributed by atoms with Crippen LogP contribution in [0, 0.1) is 12.8 Å². The molecule has 0 radical (unpaired) electrons. The monoisotopic (exact) mass is 476 g/mol. The summed E-state index contributed by atoms with van der Waals surface area (Å²) in [5.41, 5.74) is 15.8. The molecule has 7 rings (SSSR count). The zero-order valence-corrected chi connectivity index (χ0v) is 21.9. The molecule has 0 nitrogen and oxygen atoms in total. The van der Waals surface area contributed by atoms with Crippen molar-refractivity contribution < 1.29 is 0 Å². The Kier molecular flexibility index (Phi) is 5.18. The van der Waals surface area contributed by atoms with Gasteiger partial charge in [-0.25, -0.2) is 0 Å². The Balaban J connectivity index is 1.47. The van der Waals surface area contributed by atoms with E-state index >= 15 is 0 Å². The van der Waals surface area contributed by atoms with Gasteiger partial charge in [0.25, 0.3) is 0 Å². The molecule has 0 fully saturated rings.